The van der Waals surface area contributed by atoms with Gasteiger partial charge in [0.1, 0.15) is 5.69 Å². The van der Waals surface area contributed by atoms with Crippen molar-refractivity contribution in [3.05, 3.63) is 89.2 Å². The van der Waals surface area contributed by atoms with Crippen LogP contribution in [-0.4, -0.2) is 10.8 Å². The molecule has 0 saturated heterocycles. The van der Waals surface area contributed by atoms with Crippen LogP contribution in [0.4, 0.5) is 0 Å². The number of benzene rings is 2. The molecule has 0 atom stereocenters. The molecule has 0 spiro atoms. The highest BCUT2D eigenvalue weighted by Gasteiger charge is 2.13. The van der Waals surface area contributed by atoms with Crippen LogP contribution in [0.25, 0.3) is 11.1 Å². The van der Waals surface area contributed by atoms with Crippen molar-refractivity contribution in [2.24, 2.45) is 0 Å². The number of rotatable bonds is 4. The molecule has 0 radical (unpaired) electrons. The van der Waals surface area contributed by atoms with Gasteiger partial charge in [0.15, 0.2) is 5.78 Å². The molecule has 1 heterocycles. The molecule has 0 aliphatic rings. The standard InChI is InChI=1S/C21H16N2O/c1-15-18(8-5-9-19(15)17-6-3-2-4-7-17)13-21(24)20-12-16(14-22)10-11-23-20/h2-12H,13H2,1H3. The predicted molar refractivity (Wildman–Crippen MR) is 93.6 cm³/mol. The largest absolute Gasteiger partial charge is 0.292 e. The number of carbonyl (C=O) groups excluding carboxylic acids is 1. The van der Waals surface area contributed by atoms with Gasteiger partial charge in [-0.25, -0.2) is 0 Å². The summed E-state index contributed by atoms with van der Waals surface area (Å²) in [6, 6.07) is 21.3. The lowest BCUT2D eigenvalue weighted by molar-refractivity contribution is 0.0988. The summed E-state index contributed by atoms with van der Waals surface area (Å²) in [6.45, 7) is 2.03. The zero-order valence-electron chi connectivity index (χ0n) is 13.4. The molecule has 1 aromatic heterocycles. The Labute approximate surface area is 141 Å². The Morgan fingerprint density at radius 1 is 1.08 bits per heavy atom. The van der Waals surface area contributed by atoms with Crippen molar-refractivity contribution in [3.8, 4) is 17.2 Å². The van der Waals surface area contributed by atoms with Gasteiger partial charge in [0.2, 0.25) is 0 Å². The van der Waals surface area contributed by atoms with Crippen molar-refractivity contribution in [2.45, 2.75) is 13.3 Å². The Bertz CT molecular complexity index is 924. The highest BCUT2D eigenvalue weighted by atomic mass is 16.1. The Hall–Kier alpha value is -3.25. The number of pyridine rings is 1. The number of nitrogens with zero attached hydrogens (tertiary/aromatic N) is 2. The maximum atomic E-state index is 12.5. The van der Waals surface area contributed by atoms with E-state index < -0.39 is 0 Å². The van der Waals surface area contributed by atoms with E-state index in [-0.39, 0.29) is 12.2 Å². The molecule has 0 fully saturated rings. The minimum atomic E-state index is -0.0830. The van der Waals surface area contributed by atoms with Gasteiger partial charge in [0.05, 0.1) is 11.6 Å². The third-order valence-electron chi connectivity index (χ3n) is 4.06. The summed E-state index contributed by atoms with van der Waals surface area (Å²) in [5, 5.41) is 8.95. The first-order chi connectivity index (χ1) is 11.7. The average molecular weight is 312 g/mol. The van der Waals surface area contributed by atoms with Crippen LogP contribution in [0.5, 0.6) is 0 Å². The quantitative estimate of drug-likeness (QED) is 0.673. The van der Waals surface area contributed by atoms with E-state index in [4.69, 9.17) is 5.26 Å². The molecule has 0 unspecified atom stereocenters. The summed E-state index contributed by atoms with van der Waals surface area (Å²) < 4.78 is 0. The maximum absolute atomic E-state index is 12.5. The number of hydrogen-bond acceptors (Lipinski definition) is 3. The van der Waals surface area contributed by atoms with Gasteiger partial charge >= 0.3 is 0 Å². The van der Waals surface area contributed by atoms with Gasteiger partial charge < -0.3 is 0 Å². The van der Waals surface area contributed by atoms with E-state index in [2.05, 4.69) is 23.2 Å². The van der Waals surface area contributed by atoms with Gasteiger partial charge in [-0.1, -0.05) is 48.5 Å². The highest BCUT2D eigenvalue weighted by molar-refractivity contribution is 5.96. The number of Topliss-reactive ketones (excluding diaryl/α,β-unsaturated/α-hetero) is 1. The second kappa shape index (κ2) is 6.89. The molecule has 0 bridgehead atoms. The lowest BCUT2D eigenvalue weighted by Gasteiger charge is -2.11. The van der Waals surface area contributed by atoms with Crippen LogP contribution in [0, 0.1) is 18.3 Å². The van der Waals surface area contributed by atoms with Crippen LogP contribution >= 0.6 is 0 Å². The van der Waals surface area contributed by atoms with Gasteiger partial charge in [-0.3, -0.25) is 9.78 Å². The number of aromatic nitrogens is 1. The lowest BCUT2D eigenvalue weighted by atomic mass is 9.93. The van der Waals surface area contributed by atoms with E-state index in [0.717, 1.165) is 22.3 Å². The van der Waals surface area contributed by atoms with Crippen LogP contribution < -0.4 is 0 Å². The van der Waals surface area contributed by atoms with E-state index in [0.29, 0.717) is 11.3 Å². The Balaban J connectivity index is 1.91. The van der Waals surface area contributed by atoms with Crippen molar-refractivity contribution in [1.82, 2.24) is 4.98 Å². The summed E-state index contributed by atoms with van der Waals surface area (Å²) >= 11 is 0. The Morgan fingerprint density at radius 2 is 1.88 bits per heavy atom. The Kier molecular flexibility index (Phi) is 4.49. The summed E-state index contributed by atoms with van der Waals surface area (Å²) in [5.74, 6) is -0.0830. The molecule has 3 nitrogen and oxygen atoms in total. The lowest BCUT2D eigenvalue weighted by Crippen LogP contribution is -2.07. The van der Waals surface area contributed by atoms with Crippen LogP contribution in [0.3, 0.4) is 0 Å². The molecule has 2 aromatic carbocycles. The molecular formula is C21H16N2O. The fraction of sp³-hybridized carbons (Fsp3) is 0.0952. The topological polar surface area (TPSA) is 53.8 Å². The van der Waals surface area contributed by atoms with Crippen LogP contribution in [0.1, 0.15) is 27.2 Å². The zero-order valence-corrected chi connectivity index (χ0v) is 13.4. The molecular weight excluding hydrogens is 296 g/mol. The molecule has 3 rings (SSSR count). The summed E-state index contributed by atoms with van der Waals surface area (Å²) in [6.07, 6.45) is 1.77. The maximum Gasteiger partial charge on any atom is 0.185 e. The van der Waals surface area contributed by atoms with Crippen molar-refractivity contribution in [2.75, 3.05) is 0 Å². The monoisotopic (exact) mass is 312 g/mol. The van der Waals surface area contributed by atoms with E-state index in [1.807, 2.05) is 43.3 Å². The van der Waals surface area contributed by atoms with Crippen molar-refractivity contribution in [3.63, 3.8) is 0 Å². The second-order valence-corrected chi connectivity index (χ2v) is 5.60. The first-order valence-corrected chi connectivity index (χ1v) is 7.72. The first-order valence-electron chi connectivity index (χ1n) is 7.72. The van der Waals surface area contributed by atoms with E-state index in [1.165, 1.54) is 6.20 Å². The fourth-order valence-electron chi connectivity index (χ4n) is 2.72. The SMILES string of the molecule is Cc1c(CC(=O)c2cc(C#N)ccn2)cccc1-c1ccccc1. The number of ketones is 1. The minimum Gasteiger partial charge on any atom is -0.292 e. The highest BCUT2D eigenvalue weighted by Crippen LogP contribution is 2.26. The molecule has 3 heteroatoms. The second-order valence-electron chi connectivity index (χ2n) is 5.60. The molecule has 24 heavy (non-hydrogen) atoms. The molecule has 0 saturated carbocycles. The van der Waals surface area contributed by atoms with Gasteiger partial charge in [-0.05, 0) is 41.3 Å². The van der Waals surface area contributed by atoms with E-state index in [1.54, 1.807) is 12.1 Å². The zero-order chi connectivity index (χ0) is 16.9. The van der Waals surface area contributed by atoms with Crippen molar-refractivity contribution >= 4 is 5.78 Å². The average Bonchev–Trinajstić information content (AvgIpc) is 2.64. The van der Waals surface area contributed by atoms with Crippen molar-refractivity contribution < 1.29 is 4.79 Å². The number of hydrogen-bond donors (Lipinski definition) is 0. The molecule has 0 aliphatic carbocycles. The van der Waals surface area contributed by atoms with E-state index >= 15 is 0 Å². The smallest absolute Gasteiger partial charge is 0.185 e. The normalized spacial score (nSPS) is 10.2. The predicted octanol–water partition coefficient (Wildman–Crippen LogP) is 4.35. The van der Waals surface area contributed by atoms with E-state index in [9.17, 15) is 4.79 Å². The molecule has 0 N–H and O–H groups in total. The summed E-state index contributed by atoms with van der Waals surface area (Å²) in [5.41, 5.74) is 5.11. The molecule has 0 aliphatic heterocycles. The molecule has 3 aromatic rings. The summed E-state index contributed by atoms with van der Waals surface area (Å²) in [7, 11) is 0. The fourth-order valence-corrected chi connectivity index (χ4v) is 2.72. The van der Waals surface area contributed by atoms with Crippen molar-refractivity contribution in [1.29, 1.82) is 5.26 Å². The van der Waals surface area contributed by atoms with Crippen LogP contribution in [-0.2, 0) is 6.42 Å². The molecule has 116 valence electrons. The first kappa shape index (κ1) is 15.6. The van der Waals surface area contributed by atoms with Gasteiger partial charge in [-0.15, -0.1) is 0 Å². The minimum absolute atomic E-state index is 0.0830. The van der Waals surface area contributed by atoms with Crippen LogP contribution in [0.15, 0.2) is 66.9 Å². The number of nitriles is 1. The third-order valence-corrected chi connectivity index (χ3v) is 4.06. The third kappa shape index (κ3) is 3.23. The summed E-state index contributed by atoms with van der Waals surface area (Å²) in [4.78, 5) is 16.6. The number of carbonyl (C=O) groups is 1. The van der Waals surface area contributed by atoms with Gasteiger partial charge in [-0.2, -0.15) is 5.26 Å². The van der Waals surface area contributed by atoms with Crippen LogP contribution in [0.2, 0.25) is 0 Å². The molecule has 0 amide bonds. The Morgan fingerprint density at radius 3 is 2.62 bits per heavy atom. The van der Waals surface area contributed by atoms with Gasteiger partial charge in [0.25, 0.3) is 0 Å². The van der Waals surface area contributed by atoms with Gasteiger partial charge in [0, 0.05) is 12.6 Å².